The predicted molar refractivity (Wildman–Crippen MR) is 145 cm³/mol. The first-order valence-corrected chi connectivity index (χ1v) is 12.5. The maximum atomic E-state index is 13.5. The number of hydrogen-bond acceptors (Lipinski definition) is 5. The molecule has 2 heterocycles. The van der Waals surface area contributed by atoms with E-state index in [1.165, 1.54) is 17.0 Å². The SMILES string of the molecule is O=C1C(=O)N(c2ccc(N3CCCC3)cc2)C(c2cccc(O)c2)/C1=C(/O)c1cccc2ccccc12. The fourth-order valence-corrected chi connectivity index (χ4v) is 5.49. The number of Topliss-reactive ketones (excluding diaryl/α,β-unsaturated/α-hetero) is 1. The van der Waals surface area contributed by atoms with Crippen molar-refractivity contribution in [3.05, 3.63) is 108 Å². The van der Waals surface area contributed by atoms with Gasteiger partial charge in [0.25, 0.3) is 11.7 Å². The quantitative estimate of drug-likeness (QED) is 0.216. The fraction of sp³-hybridized carbons (Fsp3) is 0.161. The minimum atomic E-state index is -0.899. The molecule has 2 N–H and O–H groups in total. The number of aliphatic hydroxyl groups excluding tert-OH is 1. The number of aliphatic hydroxyl groups is 1. The number of rotatable bonds is 4. The van der Waals surface area contributed by atoms with E-state index in [1.807, 2.05) is 60.7 Å². The number of nitrogens with zero attached hydrogens (tertiary/aromatic N) is 2. The number of benzene rings is 4. The molecule has 0 radical (unpaired) electrons. The van der Waals surface area contributed by atoms with Gasteiger partial charge in [0.1, 0.15) is 11.5 Å². The van der Waals surface area contributed by atoms with Crippen LogP contribution >= 0.6 is 0 Å². The lowest BCUT2D eigenvalue weighted by Crippen LogP contribution is -2.29. The summed E-state index contributed by atoms with van der Waals surface area (Å²) >= 11 is 0. The largest absolute Gasteiger partial charge is 0.508 e. The molecule has 2 saturated heterocycles. The summed E-state index contributed by atoms with van der Waals surface area (Å²) in [4.78, 5) is 30.7. The van der Waals surface area contributed by atoms with Crippen LogP contribution in [-0.4, -0.2) is 35.0 Å². The Labute approximate surface area is 214 Å². The van der Waals surface area contributed by atoms with E-state index in [4.69, 9.17) is 0 Å². The van der Waals surface area contributed by atoms with Gasteiger partial charge in [0, 0.05) is 30.0 Å². The Bertz CT molecular complexity index is 1550. The van der Waals surface area contributed by atoms with E-state index in [9.17, 15) is 19.8 Å². The number of anilines is 2. The average molecular weight is 491 g/mol. The zero-order valence-electron chi connectivity index (χ0n) is 20.2. The second-order valence-corrected chi connectivity index (χ2v) is 9.50. The van der Waals surface area contributed by atoms with Gasteiger partial charge in [0.15, 0.2) is 0 Å². The number of carbonyl (C=O) groups excluding carboxylic acids is 2. The van der Waals surface area contributed by atoms with Crippen LogP contribution in [0.3, 0.4) is 0 Å². The molecule has 1 unspecified atom stereocenters. The van der Waals surface area contributed by atoms with E-state index in [2.05, 4.69) is 4.90 Å². The highest BCUT2D eigenvalue weighted by atomic mass is 16.3. The van der Waals surface area contributed by atoms with Crippen molar-refractivity contribution in [3.63, 3.8) is 0 Å². The van der Waals surface area contributed by atoms with Gasteiger partial charge < -0.3 is 15.1 Å². The van der Waals surface area contributed by atoms with Gasteiger partial charge in [0.2, 0.25) is 0 Å². The molecule has 6 nitrogen and oxygen atoms in total. The Hall–Kier alpha value is -4.58. The molecule has 0 spiro atoms. The summed E-state index contributed by atoms with van der Waals surface area (Å²) in [7, 11) is 0. The topological polar surface area (TPSA) is 81.1 Å². The van der Waals surface area contributed by atoms with E-state index in [0.29, 0.717) is 16.8 Å². The van der Waals surface area contributed by atoms with Crippen molar-refractivity contribution in [3.8, 4) is 5.75 Å². The van der Waals surface area contributed by atoms with Gasteiger partial charge in [-0.15, -0.1) is 0 Å². The van der Waals surface area contributed by atoms with Crippen molar-refractivity contribution < 1.29 is 19.8 Å². The molecule has 1 amide bonds. The minimum Gasteiger partial charge on any atom is -0.508 e. The van der Waals surface area contributed by atoms with Crippen molar-refractivity contribution in [1.29, 1.82) is 0 Å². The first-order valence-electron chi connectivity index (χ1n) is 12.5. The lowest BCUT2D eigenvalue weighted by Gasteiger charge is -2.26. The molecule has 0 saturated carbocycles. The number of carbonyl (C=O) groups is 2. The molecule has 184 valence electrons. The Morgan fingerprint density at radius 3 is 2.22 bits per heavy atom. The number of fused-ring (bicyclic) bond motifs is 1. The summed E-state index contributed by atoms with van der Waals surface area (Å²) in [6.07, 6.45) is 2.31. The first kappa shape index (κ1) is 22.9. The van der Waals surface area contributed by atoms with Gasteiger partial charge in [-0.25, -0.2) is 0 Å². The molecule has 2 aliphatic heterocycles. The molecule has 1 atom stereocenters. The average Bonchev–Trinajstić information content (AvgIpc) is 3.55. The fourth-order valence-electron chi connectivity index (χ4n) is 5.49. The van der Waals surface area contributed by atoms with E-state index < -0.39 is 17.7 Å². The van der Waals surface area contributed by atoms with Gasteiger partial charge in [-0.05, 0) is 65.6 Å². The number of phenolic OH excluding ortho intramolecular Hbond substituents is 1. The minimum absolute atomic E-state index is 0.00410. The van der Waals surface area contributed by atoms with Crippen LogP contribution in [0.4, 0.5) is 11.4 Å². The third kappa shape index (κ3) is 3.91. The van der Waals surface area contributed by atoms with E-state index in [0.717, 1.165) is 42.4 Å². The van der Waals surface area contributed by atoms with Crippen molar-refractivity contribution in [2.75, 3.05) is 22.9 Å². The van der Waals surface area contributed by atoms with Crippen LogP contribution in [0.1, 0.15) is 30.0 Å². The Morgan fingerprint density at radius 1 is 0.784 bits per heavy atom. The van der Waals surface area contributed by atoms with Crippen molar-refractivity contribution in [2.24, 2.45) is 0 Å². The van der Waals surface area contributed by atoms with Crippen LogP contribution in [0.15, 0.2) is 96.6 Å². The van der Waals surface area contributed by atoms with Crippen LogP contribution < -0.4 is 9.80 Å². The van der Waals surface area contributed by atoms with Gasteiger partial charge >= 0.3 is 0 Å². The third-order valence-electron chi connectivity index (χ3n) is 7.27. The Balaban J connectivity index is 1.52. The second-order valence-electron chi connectivity index (χ2n) is 9.50. The van der Waals surface area contributed by atoms with Gasteiger partial charge in [0.05, 0.1) is 11.6 Å². The molecule has 0 aliphatic carbocycles. The maximum Gasteiger partial charge on any atom is 0.300 e. The molecule has 4 aromatic carbocycles. The van der Waals surface area contributed by atoms with Crippen LogP contribution in [0, 0.1) is 0 Å². The molecule has 2 fully saturated rings. The highest BCUT2D eigenvalue weighted by molar-refractivity contribution is 6.51. The predicted octanol–water partition coefficient (Wildman–Crippen LogP) is 5.77. The lowest BCUT2D eigenvalue weighted by atomic mass is 9.93. The molecule has 0 bridgehead atoms. The van der Waals surface area contributed by atoms with E-state index >= 15 is 0 Å². The molecular weight excluding hydrogens is 464 g/mol. The molecule has 6 heteroatoms. The molecule has 6 rings (SSSR count). The first-order chi connectivity index (χ1) is 18.0. The monoisotopic (exact) mass is 490 g/mol. The third-order valence-corrected chi connectivity index (χ3v) is 7.27. The number of aromatic hydroxyl groups is 1. The summed E-state index contributed by atoms with van der Waals surface area (Å²) < 4.78 is 0. The standard InChI is InChI=1S/C31H26N2O4/c34-24-10-5-9-21(19-24)28-27(29(35)26-12-6-8-20-7-1-2-11-25(20)26)30(36)31(37)33(28)23-15-13-22(14-16-23)32-17-3-4-18-32/h1-2,5-16,19,28,34-35H,3-4,17-18H2/b29-27-. The van der Waals surface area contributed by atoms with E-state index in [1.54, 1.807) is 18.2 Å². The van der Waals surface area contributed by atoms with Crippen molar-refractivity contribution in [2.45, 2.75) is 18.9 Å². The van der Waals surface area contributed by atoms with Crippen LogP contribution in [-0.2, 0) is 9.59 Å². The highest BCUT2D eigenvalue weighted by Crippen LogP contribution is 2.43. The lowest BCUT2D eigenvalue weighted by molar-refractivity contribution is -0.132. The van der Waals surface area contributed by atoms with Crippen LogP contribution in [0.2, 0.25) is 0 Å². The summed E-state index contributed by atoms with van der Waals surface area (Å²) in [5, 5.41) is 23.5. The molecule has 2 aliphatic rings. The second kappa shape index (κ2) is 9.13. The molecule has 4 aromatic rings. The Morgan fingerprint density at radius 2 is 1.46 bits per heavy atom. The molecule has 0 aromatic heterocycles. The maximum absolute atomic E-state index is 13.5. The summed E-state index contributed by atoms with van der Waals surface area (Å²) in [6, 6.07) is 26.2. The smallest absolute Gasteiger partial charge is 0.300 e. The van der Waals surface area contributed by atoms with E-state index in [-0.39, 0.29) is 17.1 Å². The Kier molecular flexibility index (Phi) is 5.64. The zero-order valence-corrected chi connectivity index (χ0v) is 20.2. The number of hydrogen-bond donors (Lipinski definition) is 2. The number of amides is 1. The summed E-state index contributed by atoms with van der Waals surface area (Å²) in [5.74, 6) is -1.70. The summed E-state index contributed by atoms with van der Waals surface area (Å²) in [6.45, 7) is 2.00. The molecule has 37 heavy (non-hydrogen) atoms. The van der Waals surface area contributed by atoms with Crippen molar-refractivity contribution in [1.82, 2.24) is 0 Å². The van der Waals surface area contributed by atoms with Crippen LogP contribution in [0.25, 0.3) is 16.5 Å². The van der Waals surface area contributed by atoms with Gasteiger partial charge in [-0.1, -0.05) is 54.6 Å². The number of phenols is 1. The van der Waals surface area contributed by atoms with Gasteiger partial charge in [-0.3, -0.25) is 14.5 Å². The van der Waals surface area contributed by atoms with Crippen LogP contribution in [0.5, 0.6) is 5.75 Å². The number of ketones is 1. The zero-order chi connectivity index (χ0) is 25.5. The van der Waals surface area contributed by atoms with Gasteiger partial charge in [-0.2, -0.15) is 0 Å². The van der Waals surface area contributed by atoms with Crippen molar-refractivity contribution >= 4 is 39.6 Å². The molecular formula is C31H26N2O4. The highest BCUT2D eigenvalue weighted by Gasteiger charge is 2.47. The normalized spacial score (nSPS) is 19.2. The summed E-state index contributed by atoms with van der Waals surface area (Å²) in [5.41, 5.74) is 2.63.